The maximum absolute atomic E-state index is 6.27. The van der Waals surface area contributed by atoms with Crippen molar-refractivity contribution < 1.29 is 0 Å². The average Bonchev–Trinajstić information content (AvgIpc) is 2.39. The van der Waals surface area contributed by atoms with Crippen molar-refractivity contribution in [3.63, 3.8) is 0 Å². The molecule has 0 unspecified atom stereocenters. The highest BCUT2D eigenvalue weighted by Gasteiger charge is 2.15. The van der Waals surface area contributed by atoms with Gasteiger partial charge >= 0.3 is 0 Å². The lowest BCUT2D eigenvalue weighted by Crippen LogP contribution is -2.43. The zero-order valence-corrected chi connectivity index (χ0v) is 12.5. The summed E-state index contributed by atoms with van der Waals surface area (Å²) in [5.41, 5.74) is 1.87. The third-order valence-corrected chi connectivity index (χ3v) is 3.68. The summed E-state index contributed by atoms with van der Waals surface area (Å²) in [6.07, 6.45) is 0. The van der Waals surface area contributed by atoms with E-state index in [0.29, 0.717) is 5.15 Å². The van der Waals surface area contributed by atoms with Gasteiger partial charge in [-0.05, 0) is 24.3 Å². The molecule has 0 saturated carbocycles. The Hall–Kier alpha value is -0.740. The number of benzene rings is 1. The van der Waals surface area contributed by atoms with Crippen LogP contribution in [0.2, 0.25) is 10.2 Å². The molecule has 6 heteroatoms. The van der Waals surface area contributed by atoms with E-state index < -0.39 is 0 Å². The van der Waals surface area contributed by atoms with E-state index in [2.05, 4.69) is 21.3 Å². The van der Waals surface area contributed by atoms with Crippen LogP contribution in [-0.4, -0.2) is 31.2 Å². The van der Waals surface area contributed by atoms with E-state index in [9.17, 15) is 0 Å². The third kappa shape index (κ3) is 3.06. The van der Waals surface area contributed by atoms with Crippen molar-refractivity contribution in [2.24, 2.45) is 0 Å². The van der Waals surface area contributed by atoms with Gasteiger partial charge in [-0.1, -0.05) is 23.2 Å². The lowest BCUT2D eigenvalue weighted by molar-refractivity contribution is 0.589. The molecule has 1 fully saturated rings. The Balaban J connectivity index is 0.00000133. The fourth-order valence-electron chi connectivity index (χ4n) is 2.24. The maximum atomic E-state index is 6.27. The molecular weight excluding hydrogens is 305 g/mol. The van der Waals surface area contributed by atoms with Crippen molar-refractivity contribution in [2.45, 2.75) is 0 Å². The van der Waals surface area contributed by atoms with Gasteiger partial charge in [0.15, 0.2) is 5.15 Å². The summed E-state index contributed by atoms with van der Waals surface area (Å²) in [7, 11) is 0. The van der Waals surface area contributed by atoms with Crippen molar-refractivity contribution in [3.05, 3.63) is 34.4 Å². The molecule has 3 rings (SSSR count). The Morgan fingerprint density at radius 2 is 1.84 bits per heavy atom. The quantitative estimate of drug-likeness (QED) is 0.817. The Bertz CT molecular complexity index is 583. The zero-order chi connectivity index (χ0) is 12.5. The number of hydrogen-bond donors (Lipinski definition) is 1. The molecule has 2 heterocycles. The first-order valence-electron chi connectivity index (χ1n) is 5.95. The minimum absolute atomic E-state index is 0. The predicted octanol–water partition coefficient (Wildman–Crippen LogP) is 3.37. The number of anilines is 1. The second-order valence-corrected chi connectivity index (χ2v) is 5.17. The van der Waals surface area contributed by atoms with E-state index in [4.69, 9.17) is 23.2 Å². The highest BCUT2D eigenvalue weighted by Crippen LogP contribution is 2.29. The van der Waals surface area contributed by atoms with Crippen molar-refractivity contribution in [1.82, 2.24) is 10.3 Å². The Kier molecular flexibility index (Phi) is 4.74. The third-order valence-electron chi connectivity index (χ3n) is 3.17. The molecule has 2 aromatic rings. The van der Waals surface area contributed by atoms with Gasteiger partial charge in [-0.25, -0.2) is 4.98 Å². The molecule has 1 saturated heterocycles. The van der Waals surface area contributed by atoms with E-state index in [-0.39, 0.29) is 12.4 Å². The fraction of sp³-hybridized carbons (Fsp3) is 0.308. The summed E-state index contributed by atoms with van der Waals surface area (Å²) in [6.45, 7) is 3.86. The number of halogens is 3. The monoisotopic (exact) mass is 317 g/mol. The highest BCUT2D eigenvalue weighted by atomic mass is 35.5. The van der Waals surface area contributed by atoms with E-state index in [1.54, 1.807) is 0 Å². The second-order valence-electron chi connectivity index (χ2n) is 4.37. The molecule has 1 aliphatic rings. The van der Waals surface area contributed by atoms with E-state index in [1.165, 1.54) is 0 Å². The van der Waals surface area contributed by atoms with Gasteiger partial charge in [0.05, 0.1) is 11.2 Å². The number of rotatable bonds is 1. The van der Waals surface area contributed by atoms with Gasteiger partial charge in [-0.15, -0.1) is 12.4 Å². The normalized spacial score (nSPS) is 15.4. The van der Waals surface area contributed by atoms with E-state index >= 15 is 0 Å². The molecule has 1 aromatic heterocycles. The molecule has 1 aliphatic heterocycles. The van der Waals surface area contributed by atoms with Gasteiger partial charge in [-0.3, -0.25) is 0 Å². The molecule has 0 bridgehead atoms. The summed E-state index contributed by atoms with van der Waals surface area (Å²) >= 11 is 12.3. The van der Waals surface area contributed by atoms with Crippen molar-refractivity contribution >= 4 is 52.2 Å². The molecule has 102 valence electrons. The number of nitrogens with one attached hydrogen (secondary N) is 1. The smallest absolute Gasteiger partial charge is 0.153 e. The van der Waals surface area contributed by atoms with Crippen LogP contribution < -0.4 is 10.2 Å². The van der Waals surface area contributed by atoms with Gasteiger partial charge in [0.2, 0.25) is 0 Å². The Labute approximate surface area is 128 Å². The van der Waals surface area contributed by atoms with Gasteiger partial charge in [-0.2, -0.15) is 0 Å². The summed E-state index contributed by atoms with van der Waals surface area (Å²) in [5.74, 6) is 0. The van der Waals surface area contributed by atoms with Crippen LogP contribution in [-0.2, 0) is 0 Å². The minimum Gasteiger partial charge on any atom is -0.366 e. The lowest BCUT2D eigenvalue weighted by atomic mass is 10.2. The van der Waals surface area contributed by atoms with Crippen LogP contribution in [0.5, 0.6) is 0 Å². The van der Waals surface area contributed by atoms with Crippen LogP contribution in [0.15, 0.2) is 24.3 Å². The van der Waals surface area contributed by atoms with Crippen molar-refractivity contribution in [3.8, 4) is 0 Å². The topological polar surface area (TPSA) is 28.2 Å². The van der Waals surface area contributed by atoms with Crippen molar-refractivity contribution in [1.29, 1.82) is 0 Å². The van der Waals surface area contributed by atoms with Crippen LogP contribution in [0.25, 0.3) is 10.9 Å². The average molecular weight is 319 g/mol. The van der Waals surface area contributed by atoms with Crippen LogP contribution in [0.1, 0.15) is 0 Å². The first-order valence-corrected chi connectivity index (χ1v) is 6.71. The molecule has 0 spiro atoms. The predicted molar refractivity (Wildman–Crippen MR) is 84.1 cm³/mol. The molecular formula is C13H14Cl3N3. The second kappa shape index (κ2) is 6.14. The number of aromatic nitrogens is 1. The number of pyridine rings is 1. The summed E-state index contributed by atoms with van der Waals surface area (Å²) in [6, 6.07) is 7.72. The van der Waals surface area contributed by atoms with Gasteiger partial charge in [0, 0.05) is 36.6 Å². The zero-order valence-electron chi connectivity index (χ0n) is 10.2. The van der Waals surface area contributed by atoms with Crippen LogP contribution in [0.4, 0.5) is 5.69 Å². The standard InChI is InChI=1S/C13H13Cl2N3.ClH/c14-10-1-2-11-9(7-10)8-12(13(15)17-11)18-5-3-16-4-6-18;/h1-2,7-8,16H,3-6H2;1H. The first-order chi connectivity index (χ1) is 8.74. The van der Waals surface area contributed by atoms with Crippen LogP contribution in [0.3, 0.4) is 0 Å². The number of hydrogen-bond acceptors (Lipinski definition) is 3. The molecule has 3 nitrogen and oxygen atoms in total. The Morgan fingerprint density at radius 1 is 1.11 bits per heavy atom. The highest BCUT2D eigenvalue weighted by molar-refractivity contribution is 6.33. The Morgan fingerprint density at radius 3 is 2.58 bits per heavy atom. The van der Waals surface area contributed by atoms with Gasteiger partial charge in [0.1, 0.15) is 0 Å². The molecule has 0 amide bonds. The number of fused-ring (bicyclic) bond motifs is 1. The van der Waals surface area contributed by atoms with E-state index in [0.717, 1.165) is 47.8 Å². The number of piperazine rings is 1. The number of nitrogens with zero attached hydrogens (tertiary/aromatic N) is 2. The summed E-state index contributed by atoms with van der Waals surface area (Å²) in [4.78, 5) is 6.69. The van der Waals surface area contributed by atoms with Crippen LogP contribution >= 0.6 is 35.6 Å². The largest absolute Gasteiger partial charge is 0.366 e. The summed E-state index contributed by atoms with van der Waals surface area (Å²) in [5, 5.41) is 5.63. The molecule has 1 N–H and O–H groups in total. The maximum Gasteiger partial charge on any atom is 0.153 e. The minimum atomic E-state index is 0. The molecule has 0 atom stereocenters. The molecule has 0 aliphatic carbocycles. The molecule has 1 aromatic carbocycles. The van der Waals surface area contributed by atoms with Gasteiger partial charge in [0.25, 0.3) is 0 Å². The lowest BCUT2D eigenvalue weighted by Gasteiger charge is -2.29. The molecule has 0 radical (unpaired) electrons. The first kappa shape index (κ1) is 14.7. The molecule has 19 heavy (non-hydrogen) atoms. The van der Waals surface area contributed by atoms with Gasteiger partial charge < -0.3 is 10.2 Å². The summed E-state index contributed by atoms with van der Waals surface area (Å²) < 4.78 is 0. The van der Waals surface area contributed by atoms with Crippen molar-refractivity contribution in [2.75, 3.05) is 31.1 Å². The fourth-order valence-corrected chi connectivity index (χ4v) is 2.69. The van der Waals surface area contributed by atoms with Crippen LogP contribution in [0, 0.1) is 0 Å². The van der Waals surface area contributed by atoms with E-state index in [1.807, 2.05) is 18.2 Å². The SMILES string of the molecule is Cl.Clc1ccc2nc(Cl)c(N3CCNCC3)cc2c1.